The second-order valence-electron chi connectivity index (χ2n) is 14.5. The number of aromatic nitrogens is 4. The van der Waals surface area contributed by atoms with Crippen LogP contribution >= 0.6 is 0 Å². The van der Waals surface area contributed by atoms with E-state index in [1.807, 2.05) is 0 Å². The predicted molar refractivity (Wildman–Crippen MR) is 298 cm³/mol. The third kappa shape index (κ3) is 70.0. The van der Waals surface area contributed by atoms with E-state index < -0.39 is 40.1 Å². The third-order valence-electron chi connectivity index (χ3n) is 8.54. The first kappa shape index (κ1) is 106. The van der Waals surface area contributed by atoms with Crippen LogP contribution in [0.15, 0.2) is 249 Å². The standard InChI is InChI=1S/5C7H6O2.4C6H6NO.4CH4O.ClHO4.2Dy.2Zn/c5*8-7(9)6-4-2-1-3-5-6;4*8-5-6-3-1-2-4-7-6;4*1-2;2-1(3,4)5;;;;/h5*1-5H,(H,8,9);4*1-4H,5H2;4*2H,1H3;(H,2,3,4,5);;;;/q;;;;;4*-1;;;;;;2*+3;2*+2/p-6. The van der Waals surface area contributed by atoms with Crippen LogP contribution in [0.2, 0.25) is 0 Å². The molecule has 0 aliphatic carbocycles. The molecule has 0 saturated heterocycles. The first-order valence-corrected chi connectivity index (χ1v) is 26.1. The molecule has 31 heteroatoms. The number of aromatic carboxylic acids is 5. The number of aliphatic hydroxyl groups excluding tert-OH is 4. The van der Waals surface area contributed by atoms with Crippen LogP contribution in [0.4, 0.5) is 0 Å². The molecule has 0 atom stereocenters. The Morgan fingerprint density at radius 1 is 0.277 bits per heavy atom. The molecule has 0 spiro atoms. The number of carbonyl (C=O) groups is 5. The summed E-state index contributed by atoms with van der Waals surface area (Å²) in [5.74, 6) is -5.65. The molecule has 0 fully saturated rings. The molecule has 9 aromatic rings. The molecule has 0 aliphatic rings. The number of hydrogen-bond acceptors (Lipinski definition) is 26. The number of pyridine rings is 4. The second kappa shape index (κ2) is 77.4. The van der Waals surface area contributed by atoms with Gasteiger partial charge in [0.2, 0.25) is 0 Å². The van der Waals surface area contributed by atoms with Crippen LogP contribution in [-0.2, 0) is 65.4 Å². The fraction of sp³-hybridized carbons (Fsp3) is 0.127. The van der Waals surface area contributed by atoms with Gasteiger partial charge in [-0.15, -0.1) is 10.2 Å². The minimum atomic E-state index is -4.94. The van der Waals surface area contributed by atoms with Crippen molar-refractivity contribution >= 4 is 29.8 Å². The second-order valence-corrected chi connectivity index (χ2v) is 15.3. The molecule has 5 aromatic carbocycles. The molecular weight excluding hydrogens is 1660 g/mol. The smallest absolute Gasteiger partial charge is 0.850 e. The van der Waals surface area contributed by atoms with Gasteiger partial charge < -0.3 is 90.4 Å². The Labute approximate surface area is 632 Å². The molecule has 0 amide bonds. The van der Waals surface area contributed by atoms with E-state index in [0.29, 0.717) is 22.8 Å². The summed E-state index contributed by atoms with van der Waals surface area (Å²) >= 11 is 0. The summed E-state index contributed by atoms with van der Waals surface area (Å²) in [4.78, 5) is 65.6. The molecule has 4 aromatic heterocycles. The number of carbonyl (C=O) groups excluding carboxylic acids is 5. The van der Waals surface area contributed by atoms with Gasteiger partial charge in [-0.05, 0) is 76.3 Å². The number of benzene rings is 5. The van der Waals surface area contributed by atoms with Crippen molar-refractivity contribution in [2.45, 2.75) is 26.4 Å². The fourth-order valence-electron chi connectivity index (χ4n) is 4.81. The Morgan fingerprint density at radius 3 is 0.457 bits per heavy atom. The fourth-order valence-corrected chi connectivity index (χ4v) is 4.81. The van der Waals surface area contributed by atoms with E-state index in [4.69, 9.17) is 39.1 Å². The molecule has 500 valence electrons. The molecule has 0 bridgehead atoms. The topological polar surface area (TPSA) is 518 Å². The summed E-state index contributed by atoms with van der Waals surface area (Å²) in [7, 11) is -0.944. The van der Waals surface area contributed by atoms with Gasteiger partial charge in [-0.1, -0.05) is 202 Å². The number of hydrogen-bond donors (Lipinski definition) is 4. The number of carboxylic acids is 5. The summed E-state index contributed by atoms with van der Waals surface area (Å²) in [5, 5.41) is 119. The van der Waals surface area contributed by atoms with Gasteiger partial charge in [-0.3, -0.25) is 19.9 Å². The van der Waals surface area contributed by atoms with Gasteiger partial charge in [0.15, 0.2) is 0 Å². The first-order chi connectivity index (χ1) is 43.3. The Balaban J connectivity index is -0.000000120. The van der Waals surface area contributed by atoms with Gasteiger partial charge >= 0.3 is 115 Å². The molecule has 0 unspecified atom stereocenters. The maximum Gasteiger partial charge on any atom is 3.00 e. The number of carboxylic acid groups (broad SMARTS) is 5. The average molecular weight is 1720 g/mol. The van der Waals surface area contributed by atoms with Gasteiger partial charge in [0.25, 0.3) is 0 Å². The van der Waals surface area contributed by atoms with Crippen LogP contribution in [0.25, 0.3) is 0 Å². The van der Waals surface area contributed by atoms with Crippen molar-refractivity contribution in [3.05, 3.63) is 300 Å². The molecule has 26 nitrogen and oxygen atoms in total. The molecule has 2 radical (unpaired) electrons. The van der Waals surface area contributed by atoms with Gasteiger partial charge in [0, 0.05) is 76.0 Å². The van der Waals surface area contributed by atoms with Crippen molar-refractivity contribution < 1.29 is 235 Å². The number of halogens is 1. The van der Waals surface area contributed by atoms with E-state index in [1.54, 1.807) is 189 Å². The van der Waals surface area contributed by atoms with Crippen LogP contribution in [-0.4, -0.2) is 98.6 Å². The predicted octanol–water partition coefficient (Wildman–Crippen LogP) is -6.31. The maximum absolute atomic E-state index is 10.1. The summed E-state index contributed by atoms with van der Waals surface area (Å²) in [6.07, 6.45) is 6.47. The number of rotatable bonds is 9. The Morgan fingerprint density at radius 2 is 0.394 bits per heavy atom. The van der Waals surface area contributed by atoms with E-state index in [2.05, 4.69) is 19.9 Å². The quantitative estimate of drug-likeness (QED) is 0.0977. The zero-order chi connectivity index (χ0) is 69.2. The van der Waals surface area contributed by atoms with Crippen molar-refractivity contribution in [2.75, 3.05) is 28.4 Å². The van der Waals surface area contributed by atoms with E-state index >= 15 is 0 Å². The van der Waals surface area contributed by atoms with Crippen molar-refractivity contribution in [3.8, 4) is 0 Å². The Hall–Kier alpha value is -6.35. The Kier molecular flexibility index (Phi) is 87.6. The minimum absolute atomic E-state index is 0. The van der Waals surface area contributed by atoms with Crippen molar-refractivity contribution in [2.24, 2.45) is 0 Å². The first-order valence-electron chi connectivity index (χ1n) is 24.9. The van der Waals surface area contributed by atoms with Crippen LogP contribution in [0, 0.1) is 86.6 Å². The van der Waals surface area contributed by atoms with Crippen LogP contribution in [0.1, 0.15) is 74.6 Å². The molecule has 4 heterocycles. The normalized spacial score (nSPS) is 8.26. The van der Waals surface area contributed by atoms with Crippen molar-refractivity contribution in [1.82, 2.24) is 19.9 Å². The molecule has 9 rings (SSSR count). The average Bonchev–Trinajstić information content (AvgIpc) is 3.23. The molecule has 4 N–H and O–H groups in total. The van der Waals surface area contributed by atoms with Crippen LogP contribution in [0.5, 0.6) is 0 Å². The summed E-state index contributed by atoms with van der Waals surface area (Å²) < 4.78 is 34.0. The van der Waals surface area contributed by atoms with Crippen LogP contribution < -0.4 is 64.6 Å². The number of aliphatic hydroxyl groups is 4. The Bertz CT molecular complexity index is 2610. The SMILES string of the molecule is CO.CO.CO.CO.O=C([O-])c1ccccc1.O=C([O-])c1ccccc1.O=C([O-])c1ccccc1.O=C([O-])c1ccccc1.O=C([O-])c1ccccc1.[Dy+3].[Dy+3].[O-]Cc1ccccn1.[O-]Cc1ccccn1.[O-]Cc1ccccn1.[O-]Cc1ccccn1.[O-][Cl+3]([O-])([O-])[O-].[Zn+2].[Zn+2]. The van der Waals surface area contributed by atoms with Gasteiger partial charge in [0.1, 0.15) is 0 Å². The largest absolute Gasteiger partial charge is 3.00 e. The van der Waals surface area contributed by atoms with Crippen molar-refractivity contribution in [3.63, 3.8) is 0 Å². The monoisotopic (exact) mass is 1720 g/mol. The third-order valence-corrected chi connectivity index (χ3v) is 8.54. The summed E-state index contributed by atoms with van der Waals surface area (Å²) in [6.45, 7) is -0.886. The summed E-state index contributed by atoms with van der Waals surface area (Å²) in [6, 6.07) is 61.6. The zero-order valence-electron chi connectivity index (χ0n) is 50.9. The van der Waals surface area contributed by atoms with E-state index in [-0.39, 0.29) is 170 Å². The van der Waals surface area contributed by atoms with E-state index in [0.717, 1.165) is 28.4 Å². The van der Waals surface area contributed by atoms with Crippen LogP contribution in [0.3, 0.4) is 0 Å². The van der Waals surface area contributed by atoms with Gasteiger partial charge in [-0.2, -0.15) is 0 Å². The minimum Gasteiger partial charge on any atom is -0.850 e. The van der Waals surface area contributed by atoms with Gasteiger partial charge in [-0.25, -0.2) is 18.6 Å². The summed E-state index contributed by atoms with van der Waals surface area (Å²) in [5.41, 5.74) is 3.52. The molecular formula is C63H65ClDy2N4O22Zn2. The van der Waals surface area contributed by atoms with Crippen molar-refractivity contribution in [1.29, 1.82) is 0 Å². The maximum atomic E-state index is 10.1. The molecule has 94 heavy (non-hydrogen) atoms. The zero-order valence-corrected chi connectivity index (χ0v) is 61.6. The van der Waals surface area contributed by atoms with E-state index in [1.165, 1.54) is 60.7 Å². The van der Waals surface area contributed by atoms with Gasteiger partial charge in [0.05, 0.1) is 29.8 Å². The molecule has 0 aliphatic heterocycles. The van der Waals surface area contributed by atoms with E-state index in [9.17, 15) is 69.9 Å². The molecule has 0 saturated carbocycles. The number of nitrogens with zero attached hydrogens (tertiary/aromatic N) is 4.